The molecule has 1 aliphatic heterocycles. The molecule has 1 heterocycles. The summed E-state index contributed by atoms with van der Waals surface area (Å²) >= 11 is 0. The number of amides is 1. The van der Waals surface area contributed by atoms with Crippen LogP contribution < -0.4 is 5.06 Å². The lowest BCUT2D eigenvalue weighted by molar-refractivity contribution is 0.0661. The van der Waals surface area contributed by atoms with Gasteiger partial charge in [0, 0.05) is 6.54 Å². The summed E-state index contributed by atoms with van der Waals surface area (Å²) in [5, 5.41) is 1.30. The van der Waals surface area contributed by atoms with Gasteiger partial charge in [-0.15, -0.1) is 0 Å². The molecule has 26 heavy (non-hydrogen) atoms. The first-order chi connectivity index (χ1) is 12.8. The van der Waals surface area contributed by atoms with Crippen LogP contribution in [0.4, 0.5) is 10.5 Å². The van der Waals surface area contributed by atoms with Gasteiger partial charge in [-0.25, -0.2) is 4.79 Å². The molecular weight excluding hydrogens is 328 g/mol. The number of likely N-dealkylation sites (tertiary alicyclic amines) is 1. The van der Waals surface area contributed by atoms with Crippen molar-refractivity contribution in [3.05, 3.63) is 30.3 Å². The summed E-state index contributed by atoms with van der Waals surface area (Å²) < 4.78 is 5.48. The van der Waals surface area contributed by atoms with Crippen LogP contribution in [0.3, 0.4) is 0 Å². The first-order valence-electron chi connectivity index (χ1n) is 10.2. The fraction of sp³-hybridized carbons (Fsp3) is 0.667. The zero-order valence-corrected chi connectivity index (χ0v) is 16.2. The topological polar surface area (TPSA) is 42.0 Å². The minimum atomic E-state index is -0.429. The summed E-state index contributed by atoms with van der Waals surface area (Å²) in [6.07, 6.45) is 9.12. The number of nitrogens with zero attached hydrogens (tertiary/aromatic N) is 2. The van der Waals surface area contributed by atoms with E-state index in [0.717, 1.165) is 32.5 Å². The van der Waals surface area contributed by atoms with Gasteiger partial charge in [-0.05, 0) is 44.5 Å². The van der Waals surface area contributed by atoms with Crippen LogP contribution in [0, 0.1) is 0 Å². The van der Waals surface area contributed by atoms with E-state index in [1.807, 2.05) is 30.3 Å². The van der Waals surface area contributed by atoms with Crippen molar-refractivity contribution in [1.29, 1.82) is 0 Å². The smallest absolute Gasteiger partial charge is 0.438 e. The van der Waals surface area contributed by atoms with Crippen LogP contribution in [0.1, 0.15) is 58.3 Å². The number of hydroxylamine groups is 1. The van der Waals surface area contributed by atoms with E-state index in [2.05, 4.69) is 11.8 Å². The fourth-order valence-corrected chi connectivity index (χ4v) is 3.16. The van der Waals surface area contributed by atoms with Crippen molar-refractivity contribution in [3.63, 3.8) is 0 Å². The van der Waals surface area contributed by atoms with E-state index in [4.69, 9.17) is 9.57 Å². The summed E-state index contributed by atoms with van der Waals surface area (Å²) in [6.45, 7) is 6.14. The molecule has 2 rings (SSSR count). The monoisotopic (exact) mass is 362 g/mol. The molecule has 5 heteroatoms. The lowest BCUT2D eigenvalue weighted by Gasteiger charge is -2.27. The SMILES string of the molecule is CCCCCCCON(C(=O)OCCN1CCCCC1)c1ccccc1. The zero-order valence-electron chi connectivity index (χ0n) is 16.2. The first-order valence-corrected chi connectivity index (χ1v) is 10.2. The maximum absolute atomic E-state index is 12.5. The highest BCUT2D eigenvalue weighted by atomic mass is 16.7. The Morgan fingerprint density at radius 2 is 1.73 bits per heavy atom. The van der Waals surface area contributed by atoms with Gasteiger partial charge in [0.05, 0.1) is 12.3 Å². The van der Waals surface area contributed by atoms with Gasteiger partial charge in [0.15, 0.2) is 0 Å². The Hall–Kier alpha value is -1.59. The Balaban J connectivity index is 1.77. The minimum absolute atomic E-state index is 0.405. The molecule has 1 aliphatic rings. The first kappa shape index (κ1) is 20.7. The summed E-state index contributed by atoms with van der Waals surface area (Å²) in [5.41, 5.74) is 0.712. The third kappa shape index (κ3) is 7.75. The molecule has 0 N–H and O–H groups in total. The molecule has 0 unspecified atom stereocenters. The van der Waals surface area contributed by atoms with E-state index >= 15 is 0 Å². The number of benzene rings is 1. The molecule has 0 aromatic heterocycles. The van der Waals surface area contributed by atoms with Crippen molar-refractivity contribution in [1.82, 2.24) is 4.90 Å². The number of piperidine rings is 1. The molecule has 0 radical (unpaired) electrons. The number of ether oxygens (including phenoxy) is 1. The Morgan fingerprint density at radius 1 is 1.00 bits per heavy atom. The van der Waals surface area contributed by atoms with E-state index in [1.165, 1.54) is 43.6 Å². The van der Waals surface area contributed by atoms with E-state index in [1.54, 1.807) is 0 Å². The third-order valence-corrected chi connectivity index (χ3v) is 4.71. The van der Waals surface area contributed by atoms with Crippen molar-refractivity contribution in [2.45, 2.75) is 58.3 Å². The molecule has 5 nitrogen and oxygen atoms in total. The number of hydrogen-bond acceptors (Lipinski definition) is 4. The second-order valence-corrected chi connectivity index (χ2v) is 6.89. The summed E-state index contributed by atoms with van der Waals surface area (Å²) in [7, 11) is 0. The van der Waals surface area contributed by atoms with Crippen molar-refractivity contribution < 1.29 is 14.4 Å². The van der Waals surface area contributed by atoms with Gasteiger partial charge in [0.2, 0.25) is 0 Å². The second kappa shape index (κ2) is 12.7. The number of rotatable bonds is 11. The van der Waals surface area contributed by atoms with Gasteiger partial charge < -0.3 is 4.74 Å². The van der Waals surface area contributed by atoms with Crippen LogP contribution in [-0.4, -0.2) is 43.8 Å². The standard InChI is InChI=1S/C21H34N2O3/c1-2-3-4-5-12-18-26-23(20-13-8-6-9-14-20)21(24)25-19-17-22-15-10-7-11-16-22/h6,8-9,13-14H,2-5,7,10-12,15-19H2,1H3. The Labute approximate surface area is 158 Å². The van der Waals surface area contributed by atoms with Crippen LogP contribution in [0.15, 0.2) is 30.3 Å². The van der Waals surface area contributed by atoms with E-state index in [0.29, 0.717) is 18.9 Å². The predicted octanol–water partition coefficient (Wildman–Crippen LogP) is 5.02. The molecule has 1 aromatic rings. The van der Waals surface area contributed by atoms with Gasteiger partial charge in [-0.1, -0.05) is 57.2 Å². The number of hydrogen-bond donors (Lipinski definition) is 0. The molecule has 1 saturated heterocycles. The van der Waals surface area contributed by atoms with Crippen molar-refractivity contribution in [2.75, 3.05) is 37.9 Å². The van der Waals surface area contributed by atoms with Gasteiger partial charge in [0.25, 0.3) is 0 Å². The number of unbranched alkanes of at least 4 members (excludes halogenated alkanes) is 4. The number of carbonyl (C=O) groups is 1. The van der Waals surface area contributed by atoms with Crippen molar-refractivity contribution in [2.24, 2.45) is 0 Å². The molecule has 0 bridgehead atoms. The molecule has 146 valence electrons. The second-order valence-electron chi connectivity index (χ2n) is 6.89. The van der Waals surface area contributed by atoms with Crippen LogP contribution >= 0.6 is 0 Å². The maximum Gasteiger partial charge on any atom is 0.438 e. The quantitative estimate of drug-likeness (QED) is 0.409. The predicted molar refractivity (Wildman–Crippen MR) is 105 cm³/mol. The maximum atomic E-state index is 12.5. The molecular formula is C21H34N2O3. The van der Waals surface area contributed by atoms with Crippen molar-refractivity contribution >= 4 is 11.8 Å². The summed E-state index contributed by atoms with van der Waals surface area (Å²) in [6, 6.07) is 9.45. The third-order valence-electron chi connectivity index (χ3n) is 4.71. The van der Waals surface area contributed by atoms with Gasteiger partial charge in [-0.3, -0.25) is 9.74 Å². The normalized spacial score (nSPS) is 15.0. The van der Waals surface area contributed by atoms with Crippen molar-refractivity contribution in [3.8, 4) is 0 Å². The van der Waals surface area contributed by atoms with Gasteiger partial charge >= 0.3 is 6.09 Å². The summed E-state index contributed by atoms with van der Waals surface area (Å²) in [4.78, 5) is 20.6. The molecule has 0 aliphatic carbocycles. The number of anilines is 1. The molecule has 0 spiro atoms. The van der Waals surface area contributed by atoms with Gasteiger partial charge in [0.1, 0.15) is 6.61 Å². The highest BCUT2D eigenvalue weighted by Gasteiger charge is 2.19. The highest BCUT2D eigenvalue weighted by molar-refractivity contribution is 5.85. The fourth-order valence-electron chi connectivity index (χ4n) is 3.16. The number of carbonyl (C=O) groups excluding carboxylic acids is 1. The van der Waals surface area contributed by atoms with Crippen LogP contribution in [0.2, 0.25) is 0 Å². The zero-order chi connectivity index (χ0) is 18.5. The molecule has 1 aromatic carbocycles. The minimum Gasteiger partial charge on any atom is -0.446 e. The van der Waals surface area contributed by atoms with E-state index < -0.39 is 6.09 Å². The number of para-hydroxylation sites is 1. The lowest BCUT2D eigenvalue weighted by atomic mass is 10.1. The molecule has 1 fully saturated rings. The van der Waals surface area contributed by atoms with Crippen LogP contribution in [0.5, 0.6) is 0 Å². The lowest BCUT2D eigenvalue weighted by Crippen LogP contribution is -2.36. The van der Waals surface area contributed by atoms with Crippen LogP contribution in [0.25, 0.3) is 0 Å². The van der Waals surface area contributed by atoms with Gasteiger partial charge in [-0.2, -0.15) is 5.06 Å². The molecule has 0 saturated carbocycles. The Kier molecular flexibility index (Phi) is 10.1. The Morgan fingerprint density at radius 3 is 2.46 bits per heavy atom. The summed E-state index contributed by atoms with van der Waals surface area (Å²) in [5.74, 6) is 0. The molecule has 1 amide bonds. The van der Waals surface area contributed by atoms with E-state index in [9.17, 15) is 4.79 Å². The van der Waals surface area contributed by atoms with Crippen LogP contribution in [-0.2, 0) is 9.57 Å². The molecule has 0 atom stereocenters. The average molecular weight is 363 g/mol. The Bertz CT molecular complexity index is 489. The van der Waals surface area contributed by atoms with E-state index in [-0.39, 0.29) is 0 Å². The highest BCUT2D eigenvalue weighted by Crippen LogP contribution is 2.16. The average Bonchev–Trinajstić information content (AvgIpc) is 2.69. The largest absolute Gasteiger partial charge is 0.446 e.